The minimum absolute atomic E-state index is 0.231. The van der Waals surface area contributed by atoms with Crippen molar-refractivity contribution in [1.82, 2.24) is 30.3 Å². The van der Waals surface area contributed by atoms with E-state index in [0.29, 0.717) is 18.7 Å². The molecule has 2 heterocycles. The molecule has 2 rings (SSSR count). The van der Waals surface area contributed by atoms with E-state index >= 15 is 0 Å². The summed E-state index contributed by atoms with van der Waals surface area (Å²) in [4.78, 5) is 19.4. The molecule has 0 unspecified atom stereocenters. The number of hydrogen-bond donors (Lipinski definition) is 1. The van der Waals surface area contributed by atoms with E-state index in [2.05, 4.69) is 25.6 Å². The van der Waals surface area contributed by atoms with Crippen LogP contribution < -0.4 is 10.1 Å². The van der Waals surface area contributed by atoms with Gasteiger partial charge in [-0.2, -0.15) is 0 Å². The lowest BCUT2D eigenvalue weighted by Gasteiger charge is -2.04. The van der Waals surface area contributed by atoms with Gasteiger partial charge in [-0.3, -0.25) is 9.48 Å². The molecule has 0 radical (unpaired) electrons. The Morgan fingerprint density at radius 2 is 2.22 bits per heavy atom. The highest BCUT2D eigenvalue weighted by Gasteiger charge is 2.06. The second-order valence-electron chi connectivity index (χ2n) is 3.38. The van der Waals surface area contributed by atoms with Crippen molar-refractivity contribution in [2.75, 3.05) is 13.7 Å². The van der Waals surface area contributed by atoms with Crippen LogP contribution in [0.3, 0.4) is 0 Å². The van der Waals surface area contributed by atoms with Crippen molar-refractivity contribution in [2.45, 2.75) is 6.54 Å². The molecule has 1 N–H and O–H groups in total. The summed E-state index contributed by atoms with van der Waals surface area (Å²) < 4.78 is 6.44. The lowest BCUT2D eigenvalue weighted by atomic mass is 10.3. The summed E-state index contributed by atoms with van der Waals surface area (Å²) in [5.74, 6) is -0.238. The van der Waals surface area contributed by atoms with Crippen LogP contribution in [0, 0.1) is 0 Å². The van der Waals surface area contributed by atoms with Gasteiger partial charge in [0.05, 0.1) is 25.4 Å². The highest BCUT2D eigenvalue weighted by molar-refractivity contribution is 5.93. The number of carbonyl (C=O) groups is 1. The number of rotatable bonds is 5. The van der Waals surface area contributed by atoms with Gasteiger partial charge in [-0.15, -0.1) is 5.10 Å². The predicted octanol–water partition coefficient (Wildman–Crippen LogP) is -0.493. The average molecular weight is 248 g/mol. The Bertz CT molecular complexity index is 496. The first-order chi connectivity index (χ1) is 8.79. The standard InChI is InChI=1S/C10H12N6O2/c1-18-10-12-6-8(7-13-10)9(17)11-2-4-16-5-3-14-15-16/h3,5-7H,2,4H2,1H3,(H,11,17). The molecule has 0 aliphatic carbocycles. The monoisotopic (exact) mass is 248 g/mol. The molecule has 0 spiro atoms. The first kappa shape index (κ1) is 12.0. The molecule has 8 heteroatoms. The number of aromatic nitrogens is 5. The van der Waals surface area contributed by atoms with Crippen molar-refractivity contribution >= 4 is 5.91 Å². The molecule has 94 valence electrons. The van der Waals surface area contributed by atoms with Crippen molar-refractivity contribution in [2.24, 2.45) is 0 Å². The summed E-state index contributed by atoms with van der Waals surface area (Å²) in [6, 6.07) is 0.231. The van der Waals surface area contributed by atoms with Crippen LogP contribution in [0.2, 0.25) is 0 Å². The fourth-order valence-corrected chi connectivity index (χ4v) is 1.28. The molecule has 2 aromatic heterocycles. The minimum atomic E-state index is -0.238. The van der Waals surface area contributed by atoms with Gasteiger partial charge >= 0.3 is 6.01 Å². The maximum atomic E-state index is 11.7. The van der Waals surface area contributed by atoms with Gasteiger partial charge in [0.25, 0.3) is 5.91 Å². The highest BCUT2D eigenvalue weighted by Crippen LogP contribution is 2.01. The van der Waals surface area contributed by atoms with Crippen LogP contribution >= 0.6 is 0 Å². The van der Waals surface area contributed by atoms with Crippen LogP contribution in [-0.4, -0.2) is 44.5 Å². The van der Waals surface area contributed by atoms with Crippen molar-refractivity contribution < 1.29 is 9.53 Å². The van der Waals surface area contributed by atoms with E-state index in [1.54, 1.807) is 17.1 Å². The van der Waals surface area contributed by atoms with Gasteiger partial charge in [-0.25, -0.2) is 9.97 Å². The van der Waals surface area contributed by atoms with Gasteiger partial charge in [0.15, 0.2) is 0 Å². The Balaban J connectivity index is 1.83. The van der Waals surface area contributed by atoms with E-state index in [0.717, 1.165) is 0 Å². The van der Waals surface area contributed by atoms with Gasteiger partial charge < -0.3 is 10.1 Å². The molecule has 0 aromatic carbocycles. The summed E-state index contributed by atoms with van der Waals surface area (Å²) in [5, 5.41) is 10.2. The smallest absolute Gasteiger partial charge is 0.316 e. The third-order valence-electron chi connectivity index (χ3n) is 2.17. The largest absolute Gasteiger partial charge is 0.467 e. The first-order valence-electron chi connectivity index (χ1n) is 5.28. The van der Waals surface area contributed by atoms with Crippen molar-refractivity contribution in [3.63, 3.8) is 0 Å². The van der Waals surface area contributed by atoms with Crippen LogP contribution in [0.15, 0.2) is 24.8 Å². The van der Waals surface area contributed by atoms with Gasteiger partial charge in [0.2, 0.25) is 0 Å². The minimum Gasteiger partial charge on any atom is -0.467 e. The molecule has 0 fully saturated rings. The van der Waals surface area contributed by atoms with Crippen molar-refractivity contribution in [3.8, 4) is 6.01 Å². The van der Waals surface area contributed by atoms with Gasteiger partial charge in [-0.05, 0) is 0 Å². The molecule has 18 heavy (non-hydrogen) atoms. The Hall–Kier alpha value is -2.51. The molecule has 0 aliphatic heterocycles. The van der Waals surface area contributed by atoms with Crippen LogP contribution in [-0.2, 0) is 6.54 Å². The number of nitrogens with one attached hydrogen (secondary N) is 1. The van der Waals surface area contributed by atoms with E-state index in [4.69, 9.17) is 4.74 Å². The number of hydrogen-bond acceptors (Lipinski definition) is 6. The zero-order valence-corrected chi connectivity index (χ0v) is 9.78. The summed E-state index contributed by atoms with van der Waals surface area (Å²) in [6.07, 6.45) is 6.13. The average Bonchev–Trinajstić information content (AvgIpc) is 2.92. The topological polar surface area (TPSA) is 94.8 Å². The summed E-state index contributed by atoms with van der Waals surface area (Å²) in [5.41, 5.74) is 0.384. The normalized spacial score (nSPS) is 10.1. The van der Waals surface area contributed by atoms with Crippen molar-refractivity contribution in [1.29, 1.82) is 0 Å². The van der Waals surface area contributed by atoms with Gasteiger partial charge in [0.1, 0.15) is 0 Å². The Morgan fingerprint density at radius 3 is 2.83 bits per heavy atom. The quantitative estimate of drug-likeness (QED) is 0.767. The number of nitrogens with zero attached hydrogens (tertiary/aromatic N) is 5. The second kappa shape index (κ2) is 5.71. The SMILES string of the molecule is COc1ncc(C(=O)NCCn2ccnn2)cn1. The van der Waals surface area contributed by atoms with Crippen molar-refractivity contribution in [3.05, 3.63) is 30.4 Å². The summed E-state index contributed by atoms with van der Waals surface area (Å²) >= 11 is 0. The summed E-state index contributed by atoms with van der Waals surface area (Å²) in [7, 11) is 1.47. The lowest BCUT2D eigenvalue weighted by molar-refractivity contribution is 0.0951. The number of methoxy groups -OCH3 is 1. The van der Waals surface area contributed by atoms with Crippen LogP contribution in [0.4, 0.5) is 0 Å². The number of ether oxygens (including phenoxy) is 1. The molecule has 0 bridgehead atoms. The first-order valence-corrected chi connectivity index (χ1v) is 5.28. The van der Waals surface area contributed by atoms with E-state index in [1.807, 2.05) is 0 Å². The molecular weight excluding hydrogens is 236 g/mol. The Morgan fingerprint density at radius 1 is 1.44 bits per heavy atom. The Kier molecular flexibility index (Phi) is 3.79. The molecule has 0 saturated carbocycles. The Labute approximate surface area is 103 Å². The number of amides is 1. The van der Waals surface area contributed by atoms with Crippen LogP contribution in [0.1, 0.15) is 10.4 Å². The third kappa shape index (κ3) is 3.00. The van der Waals surface area contributed by atoms with Crippen LogP contribution in [0.25, 0.3) is 0 Å². The van der Waals surface area contributed by atoms with E-state index < -0.39 is 0 Å². The van der Waals surface area contributed by atoms with E-state index in [-0.39, 0.29) is 11.9 Å². The molecule has 0 atom stereocenters. The van der Waals surface area contributed by atoms with Gasteiger partial charge in [-0.1, -0.05) is 5.21 Å². The molecule has 1 amide bonds. The third-order valence-corrected chi connectivity index (χ3v) is 2.17. The molecular formula is C10H12N6O2. The maximum absolute atomic E-state index is 11.7. The molecule has 8 nitrogen and oxygen atoms in total. The lowest BCUT2D eigenvalue weighted by Crippen LogP contribution is -2.27. The zero-order chi connectivity index (χ0) is 12.8. The zero-order valence-electron chi connectivity index (χ0n) is 9.78. The number of carbonyl (C=O) groups excluding carboxylic acids is 1. The van der Waals surface area contributed by atoms with E-state index in [9.17, 15) is 4.79 Å². The second-order valence-corrected chi connectivity index (χ2v) is 3.38. The van der Waals surface area contributed by atoms with Gasteiger partial charge in [0, 0.05) is 25.1 Å². The molecule has 2 aromatic rings. The molecule has 0 saturated heterocycles. The van der Waals surface area contributed by atoms with Crippen LogP contribution in [0.5, 0.6) is 6.01 Å². The fraction of sp³-hybridized carbons (Fsp3) is 0.300. The highest BCUT2D eigenvalue weighted by atomic mass is 16.5. The molecule has 0 aliphatic rings. The predicted molar refractivity (Wildman–Crippen MR) is 60.9 cm³/mol. The fourth-order valence-electron chi connectivity index (χ4n) is 1.28. The van der Waals surface area contributed by atoms with E-state index in [1.165, 1.54) is 19.5 Å². The maximum Gasteiger partial charge on any atom is 0.316 e. The summed E-state index contributed by atoms with van der Waals surface area (Å²) in [6.45, 7) is 1.01.